The van der Waals surface area contributed by atoms with Crippen molar-refractivity contribution >= 4 is 17.6 Å². The number of rotatable bonds is 6. The smallest absolute Gasteiger partial charge is 0.248 e. The first-order valence-corrected chi connectivity index (χ1v) is 10.5. The van der Waals surface area contributed by atoms with Gasteiger partial charge in [0.05, 0.1) is 19.1 Å². The summed E-state index contributed by atoms with van der Waals surface area (Å²) in [6.45, 7) is 7.66. The van der Waals surface area contributed by atoms with Gasteiger partial charge in [0.15, 0.2) is 0 Å². The number of hydrogen-bond donors (Lipinski definition) is 0. The predicted molar refractivity (Wildman–Crippen MR) is 113 cm³/mol. The second-order valence-corrected chi connectivity index (χ2v) is 8.30. The Hall–Kier alpha value is -2.80. The molecule has 30 heavy (non-hydrogen) atoms. The summed E-state index contributed by atoms with van der Waals surface area (Å²) < 4.78 is 5.45. The van der Waals surface area contributed by atoms with Crippen LogP contribution in [0.15, 0.2) is 30.3 Å². The fourth-order valence-electron chi connectivity index (χ4n) is 4.04. The molecule has 2 aliphatic heterocycles. The number of hydrogen-bond acceptors (Lipinski definition) is 5. The molecule has 7 heteroatoms. The molecule has 7 nitrogen and oxygen atoms in total. The summed E-state index contributed by atoms with van der Waals surface area (Å²) in [6.07, 6.45) is 1.19. The lowest BCUT2D eigenvalue weighted by Gasteiger charge is -2.19. The SMILES string of the molecule is Cc1nc(C2CCN(C(=O)COC(C)C)C2)nc2c1CC(=O)N2Cc1ccccc1. The number of anilines is 1. The minimum absolute atomic E-state index is 0.00460. The quantitative estimate of drug-likeness (QED) is 0.734. The largest absolute Gasteiger partial charge is 0.369 e. The van der Waals surface area contributed by atoms with E-state index in [4.69, 9.17) is 14.7 Å². The Bertz CT molecular complexity index is 945. The summed E-state index contributed by atoms with van der Waals surface area (Å²) in [5, 5.41) is 0. The lowest BCUT2D eigenvalue weighted by atomic mass is 10.1. The van der Waals surface area contributed by atoms with Crippen LogP contribution in [0.25, 0.3) is 0 Å². The highest BCUT2D eigenvalue weighted by Crippen LogP contribution is 2.33. The monoisotopic (exact) mass is 408 g/mol. The Kier molecular flexibility index (Phi) is 5.81. The van der Waals surface area contributed by atoms with Crippen LogP contribution < -0.4 is 4.90 Å². The van der Waals surface area contributed by atoms with E-state index < -0.39 is 0 Å². The van der Waals surface area contributed by atoms with Gasteiger partial charge in [-0.15, -0.1) is 0 Å². The van der Waals surface area contributed by atoms with Gasteiger partial charge in [-0.2, -0.15) is 0 Å². The summed E-state index contributed by atoms with van der Waals surface area (Å²) in [4.78, 5) is 38.2. The van der Waals surface area contributed by atoms with Crippen LogP contribution in [0.2, 0.25) is 0 Å². The maximum atomic E-state index is 12.7. The van der Waals surface area contributed by atoms with E-state index in [1.807, 2.05) is 56.0 Å². The van der Waals surface area contributed by atoms with Crippen molar-refractivity contribution in [3.8, 4) is 0 Å². The Labute approximate surface area is 177 Å². The number of carbonyl (C=O) groups excluding carboxylic acids is 2. The molecule has 0 saturated carbocycles. The molecule has 0 radical (unpaired) electrons. The van der Waals surface area contributed by atoms with E-state index >= 15 is 0 Å². The molecule has 1 unspecified atom stereocenters. The number of likely N-dealkylation sites (tertiary alicyclic amines) is 1. The van der Waals surface area contributed by atoms with Gasteiger partial charge in [-0.3, -0.25) is 14.5 Å². The van der Waals surface area contributed by atoms with Crippen molar-refractivity contribution < 1.29 is 14.3 Å². The number of carbonyl (C=O) groups is 2. The summed E-state index contributed by atoms with van der Waals surface area (Å²) >= 11 is 0. The first-order valence-electron chi connectivity index (χ1n) is 10.5. The maximum absolute atomic E-state index is 12.7. The van der Waals surface area contributed by atoms with Crippen molar-refractivity contribution in [3.05, 3.63) is 53.0 Å². The zero-order valence-electron chi connectivity index (χ0n) is 17.8. The van der Waals surface area contributed by atoms with Gasteiger partial charge in [-0.05, 0) is 32.8 Å². The summed E-state index contributed by atoms with van der Waals surface area (Å²) in [7, 11) is 0. The zero-order chi connectivity index (χ0) is 21.3. The molecule has 1 atom stereocenters. The lowest BCUT2D eigenvalue weighted by Crippen LogP contribution is -2.32. The fraction of sp³-hybridized carbons (Fsp3) is 0.478. The van der Waals surface area contributed by atoms with E-state index in [9.17, 15) is 9.59 Å². The molecule has 2 aromatic rings. The molecule has 4 rings (SSSR count). The van der Waals surface area contributed by atoms with Gasteiger partial charge in [-0.25, -0.2) is 9.97 Å². The second kappa shape index (κ2) is 8.52. The van der Waals surface area contributed by atoms with Crippen molar-refractivity contribution in [1.29, 1.82) is 0 Å². The zero-order valence-corrected chi connectivity index (χ0v) is 17.8. The number of ether oxygens (including phenoxy) is 1. The number of aromatic nitrogens is 2. The van der Waals surface area contributed by atoms with E-state index in [0.29, 0.717) is 26.1 Å². The van der Waals surface area contributed by atoms with Crippen LogP contribution in [0.3, 0.4) is 0 Å². The van der Waals surface area contributed by atoms with Gasteiger partial charge in [0.2, 0.25) is 11.8 Å². The first-order chi connectivity index (χ1) is 14.4. The molecular weight excluding hydrogens is 380 g/mol. The molecule has 1 aromatic heterocycles. The van der Waals surface area contributed by atoms with Crippen LogP contribution >= 0.6 is 0 Å². The molecule has 0 bridgehead atoms. The maximum Gasteiger partial charge on any atom is 0.248 e. The minimum Gasteiger partial charge on any atom is -0.369 e. The molecule has 158 valence electrons. The summed E-state index contributed by atoms with van der Waals surface area (Å²) in [5.41, 5.74) is 2.84. The predicted octanol–water partition coefficient (Wildman–Crippen LogP) is 2.62. The third-order valence-corrected chi connectivity index (χ3v) is 5.72. The Morgan fingerprint density at radius 2 is 2.00 bits per heavy atom. The normalized spacial score (nSPS) is 18.4. The molecule has 3 heterocycles. The van der Waals surface area contributed by atoms with Crippen LogP contribution in [0.1, 0.15) is 48.8 Å². The number of fused-ring (bicyclic) bond motifs is 1. The van der Waals surface area contributed by atoms with Gasteiger partial charge < -0.3 is 9.64 Å². The minimum atomic E-state index is 0.00460. The highest BCUT2D eigenvalue weighted by atomic mass is 16.5. The molecule has 1 aromatic carbocycles. The number of nitrogens with zero attached hydrogens (tertiary/aromatic N) is 4. The Morgan fingerprint density at radius 1 is 1.23 bits per heavy atom. The molecule has 2 aliphatic rings. The van der Waals surface area contributed by atoms with Crippen LogP contribution in [0.4, 0.5) is 5.82 Å². The van der Waals surface area contributed by atoms with Gasteiger partial charge >= 0.3 is 0 Å². The molecule has 2 amide bonds. The van der Waals surface area contributed by atoms with Crippen molar-refractivity contribution in [1.82, 2.24) is 14.9 Å². The highest BCUT2D eigenvalue weighted by Gasteiger charge is 2.34. The molecule has 0 N–H and O–H groups in total. The van der Waals surface area contributed by atoms with Crippen molar-refractivity contribution in [2.45, 2.75) is 52.2 Å². The van der Waals surface area contributed by atoms with Gasteiger partial charge in [0.1, 0.15) is 18.2 Å². The second-order valence-electron chi connectivity index (χ2n) is 8.30. The van der Waals surface area contributed by atoms with Gasteiger partial charge in [0.25, 0.3) is 0 Å². The van der Waals surface area contributed by atoms with Crippen LogP contribution in [0, 0.1) is 6.92 Å². The lowest BCUT2D eigenvalue weighted by molar-refractivity contribution is -0.136. The molecular formula is C23H28N4O3. The van der Waals surface area contributed by atoms with E-state index in [-0.39, 0.29) is 30.4 Å². The Morgan fingerprint density at radius 3 is 2.73 bits per heavy atom. The van der Waals surface area contributed by atoms with Crippen LogP contribution in [-0.2, 0) is 27.3 Å². The molecule has 1 saturated heterocycles. The fourth-order valence-corrected chi connectivity index (χ4v) is 4.04. The van der Waals surface area contributed by atoms with Crippen LogP contribution in [0.5, 0.6) is 0 Å². The number of benzene rings is 1. The third kappa shape index (κ3) is 4.21. The van der Waals surface area contributed by atoms with E-state index in [1.165, 1.54) is 0 Å². The average molecular weight is 409 g/mol. The Balaban J connectivity index is 1.52. The number of aryl methyl sites for hydroxylation is 1. The van der Waals surface area contributed by atoms with Crippen molar-refractivity contribution in [2.24, 2.45) is 0 Å². The van der Waals surface area contributed by atoms with E-state index in [0.717, 1.165) is 34.9 Å². The van der Waals surface area contributed by atoms with Crippen molar-refractivity contribution in [2.75, 3.05) is 24.6 Å². The molecule has 0 spiro atoms. The summed E-state index contributed by atoms with van der Waals surface area (Å²) in [5.74, 6) is 1.58. The molecule has 0 aliphatic carbocycles. The van der Waals surface area contributed by atoms with E-state index in [2.05, 4.69) is 0 Å². The standard InChI is InChI=1S/C23H28N4O3/c1-15(2)30-14-21(29)26-10-9-18(13-26)22-24-16(3)19-11-20(28)27(23(19)25-22)12-17-7-5-4-6-8-17/h4-8,15,18H,9-14H2,1-3H3. The average Bonchev–Trinajstić information content (AvgIpc) is 3.33. The van der Waals surface area contributed by atoms with E-state index in [1.54, 1.807) is 4.90 Å². The van der Waals surface area contributed by atoms with Gasteiger partial charge in [0, 0.05) is 30.3 Å². The topological polar surface area (TPSA) is 75.6 Å². The first kappa shape index (κ1) is 20.5. The van der Waals surface area contributed by atoms with Gasteiger partial charge in [-0.1, -0.05) is 30.3 Å². The third-order valence-electron chi connectivity index (χ3n) is 5.72. The highest BCUT2D eigenvalue weighted by molar-refractivity contribution is 6.00. The summed E-state index contributed by atoms with van der Waals surface area (Å²) in [6, 6.07) is 9.94. The van der Waals surface area contributed by atoms with Crippen LogP contribution in [-0.4, -0.2) is 52.5 Å². The van der Waals surface area contributed by atoms with Crippen molar-refractivity contribution in [3.63, 3.8) is 0 Å². The molecule has 1 fully saturated rings. The number of amides is 2.